The number of thioether (sulfide) groups is 1. The van der Waals surface area contributed by atoms with Crippen molar-refractivity contribution in [2.45, 2.75) is 18.4 Å². The van der Waals surface area contributed by atoms with E-state index in [2.05, 4.69) is 35.8 Å². The molecule has 0 saturated heterocycles. The molecule has 0 bridgehead atoms. The van der Waals surface area contributed by atoms with E-state index in [0.717, 1.165) is 17.8 Å². The minimum atomic E-state index is 0.338. The zero-order chi connectivity index (χ0) is 13.0. The molecule has 0 fully saturated rings. The quantitative estimate of drug-likeness (QED) is 0.642. The number of aryl methyl sites for hydroxylation is 1. The molecule has 0 aliphatic carbocycles. The smallest absolute Gasteiger partial charge is 0.118 e. The van der Waals surface area contributed by atoms with Crippen molar-refractivity contribution in [1.82, 2.24) is 0 Å². The molecule has 94 valence electrons. The first-order valence-electron chi connectivity index (χ1n) is 5.85. The highest BCUT2D eigenvalue weighted by molar-refractivity contribution is 7.98. The Morgan fingerprint density at radius 2 is 1.83 bits per heavy atom. The number of rotatable bonds is 4. The van der Waals surface area contributed by atoms with Crippen LogP contribution in [-0.4, -0.2) is 11.4 Å². The van der Waals surface area contributed by atoms with Crippen LogP contribution in [0.3, 0.4) is 0 Å². The highest BCUT2D eigenvalue weighted by Gasteiger charge is 1.98. The molecule has 2 rings (SSSR count). The molecule has 0 spiro atoms. The van der Waals surface area contributed by atoms with Crippen molar-refractivity contribution in [2.75, 3.05) is 11.6 Å². The van der Waals surface area contributed by atoms with Gasteiger partial charge in [0, 0.05) is 17.1 Å². The van der Waals surface area contributed by atoms with Crippen molar-refractivity contribution in [2.24, 2.45) is 0 Å². The van der Waals surface area contributed by atoms with Gasteiger partial charge in [0.05, 0.1) is 0 Å². The summed E-state index contributed by atoms with van der Waals surface area (Å²) in [6, 6.07) is 14.1. The van der Waals surface area contributed by atoms with Gasteiger partial charge < -0.3 is 10.4 Å². The van der Waals surface area contributed by atoms with Crippen LogP contribution in [0.1, 0.15) is 11.1 Å². The van der Waals surface area contributed by atoms with Gasteiger partial charge in [0.2, 0.25) is 0 Å². The summed E-state index contributed by atoms with van der Waals surface area (Å²) in [5, 5.41) is 12.8. The van der Waals surface area contributed by atoms with Gasteiger partial charge in [0.15, 0.2) is 0 Å². The second kappa shape index (κ2) is 5.83. The van der Waals surface area contributed by atoms with Crippen molar-refractivity contribution < 1.29 is 5.11 Å². The average molecular weight is 259 g/mol. The van der Waals surface area contributed by atoms with Gasteiger partial charge in [-0.05, 0) is 54.6 Å². The van der Waals surface area contributed by atoms with Crippen molar-refractivity contribution in [1.29, 1.82) is 0 Å². The number of aromatic hydroxyl groups is 1. The summed E-state index contributed by atoms with van der Waals surface area (Å²) in [5.74, 6) is 0.338. The fourth-order valence-electron chi connectivity index (χ4n) is 1.71. The van der Waals surface area contributed by atoms with Gasteiger partial charge in [0.25, 0.3) is 0 Å². The van der Waals surface area contributed by atoms with Crippen LogP contribution in [0, 0.1) is 6.92 Å². The number of benzene rings is 2. The molecule has 0 atom stereocenters. The summed E-state index contributed by atoms with van der Waals surface area (Å²) in [5.41, 5.74) is 3.16. The molecule has 0 unspecified atom stereocenters. The Bertz CT molecular complexity index is 523. The van der Waals surface area contributed by atoms with Crippen LogP contribution in [-0.2, 0) is 6.54 Å². The van der Waals surface area contributed by atoms with Gasteiger partial charge in [-0.15, -0.1) is 11.8 Å². The molecular formula is C15H17NOS. The second-order valence-corrected chi connectivity index (χ2v) is 5.08. The number of phenolic OH excluding ortho intramolecular Hbond substituents is 1. The third kappa shape index (κ3) is 3.20. The summed E-state index contributed by atoms with van der Waals surface area (Å²) in [6.45, 7) is 2.69. The molecule has 0 heterocycles. The lowest BCUT2D eigenvalue weighted by Gasteiger charge is -2.08. The molecule has 2 aromatic rings. The van der Waals surface area contributed by atoms with E-state index in [9.17, 15) is 5.11 Å². The fraction of sp³-hybridized carbons (Fsp3) is 0.200. The van der Waals surface area contributed by atoms with Crippen LogP contribution in [0.4, 0.5) is 5.69 Å². The molecule has 0 saturated carbocycles. The number of anilines is 1. The van der Waals surface area contributed by atoms with Crippen LogP contribution in [0.2, 0.25) is 0 Å². The van der Waals surface area contributed by atoms with E-state index in [1.807, 2.05) is 19.1 Å². The Morgan fingerprint density at radius 1 is 1.11 bits per heavy atom. The molecule has 2 nitrogen and oxygen atoms in total. The van der Waals surface area contributed by atoms with Crippen LogP contribution in [0.25, 0.3) is 0 Å². The normalized spacial score (nSPS) is 10.3. The standard InChI is InChI=1S/C15H17NOS/c1-11-9-13(5-8-15(11)17)16-10-12-3-6-14(18-2)7-4-12/h3-9,16-17H,10H2,1-2H3. The topological polar surface area (TPSA) is 32.3 Å². The van der Waals surface area contributed by atoms with E-state index < -0.39 is 0 Å². The van der Waals surface area contributed by atoms with Crippen LogP contribution in [0.15, 0.2) is 47.4 Å². The molecule has 0 aliphatic rings. The summed E-state index contributed by atoms with van der Waals surface area (Å²) < 4.78 is 0. The molecule has 0 aromatic heterocycles. The lowest BCUT2D eigenvalue weighted by Crippen LogP contribution is -1.99. The first kappa shape index (κ1) is 12.8. The maximum absolute atomic E-state index is 9.46. The SMILES string of the molecule is CSc1ccc(CNc2ccc(O)c(C)c2)cc1. The molecule has 0 amide bonds. The van der Waals surface area contributed by atoms with E-state index in [1.165, 1.54) is 10.5 Å². The first-order valence-corrected chi connectivity index (χ1v) is 7.08. The Balaban J connectivity index is 1.99. The maximum Gasteiger partial charge on any atom is 0.118 e. The Labute approximate surface area is 112 Å². The number of hydrogen-bond donors (Lipinski definition) is 2. The third-order valence-corrected chi connectivity index (χ3v) is 3.60. The van der Waals surface area contributed by atoms with Gasteiger partial charge in [-0.2, -0.15) is 0 Å². The van der Waals surface area contributed by atoms with E-state index in [1.54, 1.807) is 17.8 Å². The van der Waals surface area contributed by atoms with Crippen molar-refractivity contribution in [3.05, 3.63) is 53.6 Å². The van der Waals surface area contributed by atoms with E-state index in [4.69, 9.17) is 0 Å². The summed E-state index contributed by atoms with van der Waals surface area (Å²) in [6.07, 6.45) is 2.08. The number of hydrogen-bond acceptors (Lipinski definition) is 3. The van der Waals surface area contributed by atoms with E-state index in [-0.39, 0.29) is 0 Å². The Kier molecular flexibility index (Phi) is 4.15. The van der Waals surface area contributed by atoms with Gasteiger partial charge in [0.1, 0.15) is 5.75 Å². The average Bonchev–Trinajstić information content (AvgIpc) is 2.41. The van der Waals surface area contributed by atoms with Gasteiger partial charge in [-0.1, -0.05) is 12.1 Å². The zero-order valence-electron chi connectivity index (χ0n) is 10.6. The molecule has 3 heteroatoms. The molecule has 2 aromatic carbocycles. The lowest BCUT2D eigenvalue weighted by molar-refractivity contribution is 0.471. The number of nitrogens with one attached hydrogen (secondary N) is 1. The molecule has 2 N–H and O–H groups in total. The lowest BCUT2D eigenvalue weighted by atomic mass is 10.2. The predicted octanol–water partition coefficient (Wildman–Crippen LogP) is 4.03. The van der Waals surface area contributed by atoms with E-state index in [0.29, 0.717) is 5.75 Å². The zero-order valence-corrected chi connectivity index (χ0v) is 11.4. The van der Waals surface area contributed by atoms with Gasteiger partial charge >= 0.3 is 0 Å². The summed E-state index contributed by atoms with van der Waals surface area (Å²) in [4.78, 5) is 1.28. The van der Waals surface area contributed by atoms with Crippen LogP contribution >= 0.6 is 11.8 Å². The first-order chi connectivity index (χ1) is 8.69. The Morgan fingerprint density at radius 3 is 2.44 bits per heavy atom. The third-order valence-electron chi connectivity index (χ3n) is 2.85. The largest absolute Gasteiger partial charge is 0.508 e. The van der Waals surface area contributed by atoms with Gasteiger partial charge in [-0.25, -0.2) is 0 Å². The highest BCUT2D eigenvalue weighted by atomic mass is 32.2. The van der Waals surface area contributed by atoms with E-state index >= 15 is 0 Å². The van der Waals surface area contributed by atoms with Crippen LogP contribution in [0.5, 0.6) is 5.75 Å². The summed E-state index contributed by atoms with van der Waals surface area (Å²) >= 11 is 1.75. The van der Waals surface area contributed by atoms with Crippen molar-refractivity contribution in [3.63, 3.8) is 0 Å². The molecule has 18 heavy (non-hydrogen) atoms. The number of phenols is 1. The van der Waals surface area contributed by atoms with Crippen molar-refractivity contribution >= 4 is 17.4 Å². The predicted molar refractivity (Wildman–Crippen MR) is 78.4 cm³/mol. The molecule has 0 radical (unpaired) electrons. The van der Waals surface area contributed by atoms with Crippen LogP contribution < -0.4 is 5.32 Å². The highest BCUT2D eigenvalue weighted by Crippen LogP contribution is 2.21. The minimum Gasteiger partial charge on any atom is -0.508 e. The molecular weight excluding hydrogens is 242 g/mol. The van der Waals surface area contributed by atoms with Gasteiger partial charge in [-0.3, -0.25) is 0 Å². The fourth-order valence-corrected chi connectivity index (χ4v) is 2.12. The maximum atomic E-state index is 9.46. The summed E-state index contributed by atoms with van der Waals surface area (Å²) in [7, 11) is 0. The monoisotopic (exact) mass is 259 g/mol. The Hall–Kier alpha value is -1.61. The van der Waals surface area contributed by atoms with Crippen molar-refractivity contribution in [3.8, 4) is 5.75 Å². The second-order valence-electron chi connectivity index (χ2n) is 4.20. The minimum absolute atomic E-state index is 0.338. The molecule has 0 aliphatic heterocycles.